The maximum absolute atomic E-state index is 13.1. The van der Waals surface area contributed by atoms with E-state index in [0.29, 0.717) is 6.07 Å². The van der Waals surface area contributed by atoms with E-state index in [-0.39, 0.29) is 11.3 Å². The molecule has 0 fully saturated rings. The van der Waals surface area contributed by atoms with Crippen molar-refractivity contribution < 1.29 is 27.1 Å². The number of hydrogen-bond acceptors (Lipinski definition) is 2. The minimum Gasteiger partial charge on any atom is -0.403 e. The first kappa shape index (κ1) is 11.8. The summed E-state index contributed by atoms with van der Waals surface area (Å²) in [6, 6.07) is 1.63. The number of carbonyl (C=O) groups is 1. The van der Waals surface area contributed by atoms with Gasteiger partial charge in [-0.2, -0.15) is 0 Å². The van der Waals surface area contributed by atoms with E-state index < -0.39 is 23.5 Å². The number of carbonyl (C=O) groups excluding carboxylic acids is 1. The Balaban J connectivity index is 3.16. The number of alkyl halides is 3. The number of aldehydes is 1. The Kier molecular flexibility index (Phi) is 3.18. The van der Waals surface area contributed by atoms with Crippen LogP contribution in [0.15, 0.2) is 12.1 Å². The van der Waals surface area contributed by atoms with Crippen molar-refractivity contribution in [2.24, 2.45) is 0 Å². The first-order valence-electron chi connectivity index (χ1n) is 3.54. The molecule has 0 aliphatic carbocycles. The molecule has 0 atom stereocenters. The molecule has 0 aliphatic rings. The van der Waals surface area contributed by atoms with Gasteiger partial charge in [0.05, 0.1) is 10.6 Å². The second-order valence-corrected chi connectivity index (χ2v) is 2.85. The van der Waals surface area contributed by atoms with E-state index >= 15 is 0 Å². The van der Waals surface area contributed by atoms with Gasteiger partial charge in [-0.05, 0) is 12.1 Å². The third kappa shape index (κ3) is 2.82. The number of benzene rings is 1. The fourth-order valence-corrected chi connectivity index (χ4v) is 1.05. The standard InChI is InChI=1S/C8H3ClF4O2/c9-5-1-2-6(15-8(11,12)13)7(10)4(5)3-14/h1-3H. The van der Waals surface area contributed by atoms with Crippen LogP contribution in [0.1, 0.15) is 10.4 Å². The molecule has 0 radical (unpaired) electrons. The van der Waals surface area contributed by atoms with Crippen molar-refractivity contribution in [1.82, 2.24) is 0 Å². The molecule has 0 bridgehead atoms. The van der Waals surface area contributed by atoms with Gasteiger partial charge in [0.25, 0.3) is 0 Å². The monoisotopic (exact) mass is 242 g/mol. The predicted molar refractivity (Wildman–Crippen MR) is 43.5 cm³/mol. The van der Waals surface area contributed by atoms with Gasteiger partial charge in [-0.1, -0.05) is 11.6 Å². The van der Waals surface area contributed by atoms with E-state index in [2.05, 4.69) is 4.74 Å². The van der Waals surface area contributed by atoms with Crippen molar-refractivity contribution in [3.63, 3.8) is 0 Å². The van der Waals surface area contributed by atoms with Gasteiger partial charge < -0.3 is 4.74 Å². The highest BCUT2D eigenvalue weighted by Crippen LogP contribution is 2.30. The summed E-state index contributed by atoms with van der Waals surface area (Å²) in [5.74, 6) is -2.52. The van der Waals surface area contributed by atoms with Gasteiger partial charge in [0.1, 0.15) is 0 Å². The average molecular weight is 243 g/mol. The van der Waals surface area contributed by atoms with Crippen LogP contribution >= 0.6 is 11.6 Å². The maximum atomic E-state index is 13.1. The lowest BCUT2D eigenvalue weighted by molar-refractivity contribution is -0.275. The molecular formula is C8H3ClF4O2. The minimum atomic E-state index is -5.02. The predicted octanol–water partition coefficient (Wildman–Crippen LogP) is 3.19. The molecule has 1 aromatic carbocycles. The maximum Gasteiger partial charge on any atom is 0.573 e. The molecule has 0 N–H and O–H groups in total. The molecular weight excluding hydrogens is 240 g/mol. The van der Waals surface area contributed by atoms with Gasteiger partial charge in [-0.25, -0.2) is 4.39 Å². The van der Waals surface area contributed by atoms with Crippen LogP contribution in [0.2, 0.25) is 5.02 Å². The van der Waals surface area contributed by atoms with Crippen LogP contribution in [-0.2, 0) is 0 Å². The summed E-state index contributed by atoms with van der Waals surface area (Å²) >= 11 is 5.36. The summed E-state index contributed by atoms with van der Waals surface area (Å²) in [7, 11) is 0. The van der Waals surface area contributed by atoms with Crippen LogP contribution in [0.5, 0.6) is 5.75 Å². The molecule has 0 amide bonds. The molecule has 1 aromatic rings. The summed E-state index contributed by atoms with van der Waals surface area (Å²) < 4.78 is 51.7. The Bertz CT molecular complexity index is 389. The normalized spacial score (nSPS) is 11.3. The van der Waals surface area contributed by atoms with Crippen LogP contribution in [-0.4, -0.2) is 12.6 Å². The van der Waals surface area contributed by atoms with E-state index in [1.54, 1.807) is 0 Å². The third-order valence-electron chi connectivity index (χ3n) is 1.43. The number of ether oxygens (including phenoxy) is 1. The smallest absolute Gasteiger partial charge is 0.403 e. The molecule has 0 heterocycles. The number of halogens is 5. The molecule has 0 saturated carbocycles. The highest BCUT2D eigenvalue weighted by Gasteiger charge is 2.33. The highest BCUT2D eigenvalue weighted by molar-refractivity contribution is 6.33. The SMILES string of the molecule is O=Cc1c(Cl)ccc(OC(F)(F)F)c1F. The number of hydrogen-bond donors (Lipinski definition) is 0. The fraction of sp³-hybridized carbons (Fsp3) is 0.125. The lowest BCUT2D eigenvalue weighted by Crippen LogP contribution is -2.18. The van der Waals surface area contributed by atoms with Gasteiger partial charge in [0.15, 0.2) is 17.9 Å². The summed E-state index contributed by atoms with van der Waals surface area (Å²) in [5.41, 5.74) is -0.668. The quantitative estimate of drug-likeness (QED) is 0.588. The number of rotatable bonds is 2. The Morgan fingerprint density at radius 1 is 1.33 bits per heavy atom. The van der Waals surface area contributed by atoms with E-state index in [9.17, 15) is 22.4 Å². The van der Waals surface area contributed by atoms with Crippen LogP contribution in [0.25, 0.3) is 0 Å². The topological polar surface area (TPSA) is 26.3 Å². The van der Waals surface area contributed by atoms with Crippen LogP contribution in [0, 0.1) is 5.82 Å². The Morgan fingerprint density at radius 2 is 1.93 bits per heavy atom. The molecule has 0 aliphatic heterocycles. The van der Waals surface area contributed by atoms with Gasteiger partial charge in [0, 0.05) is 0 Å². The van der Waals surface area contributed by atoms with Crippen molar-refractivity contribution in [3.05, 3.63) is 28.5 Å². The van der Waals surface area contributed by atoms with Gasteiger partial charge in [0.2, 0.25) is 0 Å². The first-order chi connectivity index (χ1) is 6.85. The van der Waals surface area contributed by atoms with Gasteiger partial charge in [-0.3, -0.25) is 4.79 Å². The average Bonchev–Trinajstić information content (AvgIpc) is 2.09. The van der Waals surface area contributed by atoms with Crippen molar-refractivity contribution in [2.45, 2.75) is 6.36 Å². The summed E-state index contributed by atoms with van der Waals surface area (Å²) in [5, 5.41) is -0.281. The molecule has 0 saturated heterocycles. The molecule has 7 heteroatoms. The zero-order valence-corrected chi connectivity index (χ0v) is 7.69. The molecule has 0 spiro atoms. The van der Waals surface area contributed by atoms with Gasteiger partial charge >= 0.3 is 6.36 Å². The second-order valence-electron chi connectivity index (χ2n) is 2.44. The second kappa shape index (κ2) is 4.06. The van der Waals surface area contributed by atoms with E-state index in [1.165, 1.54) is 0 Å². The Hall–Kier alpha value is -1.30. The van der Waals surface area contributed by atoms with E-state index in [0.717, 1.165) is 6.07 Å². The fourth-order valence-electron chi connectivity index (χ4n) is 0.861. The van der Waals surface area contributed by atoms with E-state index in [1.807, 2.05) is 0 Å². The minimum absolute atomic E-state index is 0.0148. The van der Waals surface area contributed by atoms with Crippen molar-refractivity contribution >= 4 is 17.9 Å². The van der Waals surface area contributed by atoms with Crippen molar-refractivity contribution in [2.75, 3.05) is 0 Å². The third-order valence-corrected chi connectivity index (χ3v) is 1.76. The van der Waals surface area contributed by atoms with Crippen LogP contribution in [0.4, 0.5) is 17.6 Å². The first-order valence-corrected chi connectivity index (χ1v) is 3.92. The van der Waals surface area contributed by atoms with Gasteiger partial charge in [-0.15, -0.1) is 13.2 Å². The lowest BCUT2D eigenvalue weighted by Gasteiger charge is -2.10. The van der Waals surface area contributed by atoms with E-state index in [4.69, 9.17) is 11.6 Å². The van der Waals surface area contributed by atoms with Crippen LogP contribution in [0.3, 0.4) is 0 Å². The lowest BCUT2D eigenvalue weighted by atomic mass is 10.2. The zero-order chi connectivity index (χ0) is 11.6. The molecule has 0 aromatic heterocycles. The largest absolute Gasteiger partial charge is 0.573 e. The summed E-state index contributed by atoms with van der Waals surface area (Å²) in [6.45, 7) is 0. The Labute approximate surface area is 86.4 Å². The highest BCUT2D eigenvalue weighted by atomic mass is 35.5. The molecule has 1 rings (SSSR count). The molecule has 0 unspecified atom stereocenters. The van der Waals surface area contributed by atoms with Crippen molar-refractivity contribution in [3.8, 4) is 5.75 Å². The van der Waals surface area contributed by atoms with Crippen molar-refractivity contribution in [1.29, 1.82) is 0 Å². The summed E-state index contributed by atoms with van der Waals surface area (Å²) in [4.78, 5) is 10.3. The zero-order valence-electron chi connectivity index (χ0n) is 6.94. The van der Waals surface area contributed by atoms with Crippen LogP contribution < -0.4 is 4.74 Å². The molecule has 15 heavy (non-hydrogen) atoms. The summed E-state index contributed by atoms with van der Waals surface area (Å²) in [6.07, 6.45) is -5.00. The molecule has 82 valence electrons. The molecule has 2 nitrogen and oxygen atoms in total. The Morgan fingerprint density at radius 3 is 2.40 bits per heavy atom.